The van der Waals surface area contributed by atoms with Gasteiger partial charge in [-0.1, -0.05) is 6.07 Å². The van der Waals surface area contributed by atoms with E-state index in [0.29, 0.717) is 17.1 Å². The Morgan fingerprint density at radius 2 is 1.83 bits per heavy atom. The van der Waals surface area contributed by atoms with E-state index in [-0.39, 0.29) is 17.7 Å². The van der Waals surface area contributed by atoms with Gasteiger partial charge in [-0.05, 0) is 43.3 Å². The number of rotatable bonds is 5. The number of esters is 1. The van der Waals surface area contributed by atoms with Crippen LogP contribution in [0.4, 0.5) is 15.8 Å². The Morgan fingerprint density at radius 3 is 2.47 bits per heavy atom. The Balaban J connectivity index is 1.97. The zero-order valence-electron chi connectivity index (χ0n) is 16.8. The van der Waals surface area contributed by atoms with Gasteiger partial charge in [0.25, 0.3) is 0 Å². The molecule has 2 aromatic rings. The molecule has 0 spiro atoms. The van der Waals surface area contributed by atoms with Gasteiger partial charge in [-0.15, -0.1) is 0 Å². The zero-order valence-corrected chi connectivity index (χ0v) is 16.8. The van der Waals surface area contributed by atoms with Gasteiger partial charge >= 0.3 is 5.97 Å². The maximum atomic E-state index is 13.3. The number of nitrogens with one attached hydrogen (secondary N) is 1. The number of hydrogen-bond acceptors (Lipinski definition) is 5. The molecule has 0 saturated carbocycles. The van der Waals surface area contributed by atoms with Crippen molar-refractivity contribution >= 4 is 29.2 Å². The van der Waals surface area contributed by atoms with Crippen molar-refractivity contribution in [1.82, 2.24) is 0 Å². The van der Waals surface area contributed by atoms with Gasteiger partial charge in [0.15, 0.2) is 0 Å². The fraction of sp³-hybridized carbons (Fsp3) is 0.227. The Bertz CT molecular complexity index is 1020. The lowest BCUT2D eigenvalue weighted by atomic mass is 9.88. The summed E-state index contributed by atoms with van der Waals surface area (Å²) in [6, 6.07) is 12.0. The molecule has 30 heavy (non-hydrogen) atoms. The molecule has 0 aliphatic carbocycles. The van der Waals surface area contributed by atoms with Crippen LogP contribution in [-0.2, 0) is 19.1 Å². The molecule has 0 aromatic heterocycles. The summed E-state index contributed by atoms with van der Waals surface area (Å²) < 4.78 is 23.3. The lowest BCUT2D eigenvalue weighted by molar-refractivity contribution is -0.138. The van der Waals surface area contributed by atoms with Crippen LogP contribution in [0.5, 0.6) is 5.75 Å². The Morgan fingerprint density at radius 1 is 1.13 bits per heavy atom. The third-order valence-electron chi connectivity index (χ3n) is 4.85. The van der Waals surface area contributed by atoms with Gasteiger partial charge < -0.3 is 14.8 Å². The van der Waals surface area contributed by atoms with Crippen LogP contribution >= 0.6 is 0 Å². The molecular weight excluding hydrogens is 391 g/mol. The van der Waals surface area contributed by atoms with Gasteiger partial charge in [0.2, 0.25) is 11.8 Å². The number of allylic oxidation sites excluding steroid dienone is 1. The first-order valence-corrected chi connectivity index (χ1v) is 9.18. The largest absolute Gasteiger partial charge is 0.497 e. The van der Waals surface area contributed by atoms with E-state index in [1.165, 1.54) is 43.4 Å². The predicted octanol–water partition coefficient (Wildman–Crippen LogP) is 3.27. The molecule has 1 atom stereocenters. The van der Waals surface area contributed by atoms with Crippen molar-refractivity contribution in [2.24, 2.45) is 5.92 Å². The molecule has 7 nitrogen and oxygen atoms in total. The number of nitrogens with zero attached hydrogens (tertiary/aromatic N) is 1. The molecule has 1 aliphatic rings. The first-order valence-electron chi connectivity index (χ1n) is 9.18. The third kappa shape index (κ3) is 4.17. The normalized spacial score (nSPS) is 16.3. The van der Waals surface area contributed by atoms with Crippen LogP contribution in [0.1, 0.15) is 13.3 Å². The summed E-state index contributed by atoms with van der Waals surface area (Å²) in [5.41, 5.74) is 1.19. The summed E-state index contributed by atoms with van der Waals surface area (Å²) in [6.45, 7) is 1.55. The molecule has 156 valence electrons. The highest BCUT2D eigenvalue weighted by atomic mass is 19.1. The minimum Gasteiger partial charge on any atom is -0.497 e. The van der Waals surface area contributed by atoms with E-state index in [2.05, 4.69) is 5.32 Å². The maximum absolute atomic E-state index is 13.3. The molecule has 0 bridgehead atoms. The van der Waals surface area contributed by atoms with E-state index in [4.69, 9.17) is 9.47 Å². The second-order valence-corrected chi connectivity index (χ2v) is 6.67. The first kappa shape index (κ1) is 21.0. The molecule has 1 aliphatic heterocycles. The van der Waals surface area contributed by atoms with Gasteiger partial charge in [0.1, 0.15) is 11.6 Å². The van der Waals surface area contributed by atoms with E-state index in [0.717, 1.165) is 0 Å². The van der Waals surface area contributed by atoms with Crippen molar-refractivity contribution in [3.63, 3.8) is 0 Å². The maximum Gasteiger partial charge on any atom is 0.336 e. The number of anilines is 2. The highest BCUT2D eigenvalue weighted by Gasteiger charge is 2.40. The van der Waals surface area contributed by atoms with E-state index >= 15 is 0 Å². The van der Waals surface area contributed by atoms with Crippen molar-refractivity contribution in [3.05, 3.63) is 65.6 Å². The van der Waals surface area contributed by atoms with Crippen LogP contribution < -0.4 is 15.0 Å². The smallest absolute Gasteiger partial charge is 0.336 e. The SMILES string of the molecule is COC(=O)C1=C(C)N(c2ccc(F)cc2)C(=O)C[C@H]1C(=O)Nc1cccc(OC)c1. The Kier molecular flexibility index (Phi) is 6.15. The van der Waals surface area contributed by atoms with E-state index in [9.17, 15) is 18.8 Å². The molecular formula is C22H21FN2O5. The van der Waals surface area contributed by atoms with Gasteiger partial charge in [0, 0.05) is 29.6 Å². The topological polar surface area (TPSA) is 84.9 Å². The average molecular weight is 412 g/mol. The molecule has 8 heteroatoms. The van der Waals surface area contributed by atoms with Crippen molar-refractivity contribution in [1.29, 1.82) is 0 Å². The van der Waals surface area contributed by atoms with Crippen molar-refractivity contribution in [2.75, 3.05) is 24.4 Å². The zero-order chi connectivity index (χ0) is 21.8. The fourth-order valence-electron chi connectivity index (χ4n) is 3.41. The van der Waals surface area contributed by atoms with Gasteiger partial charge in [-0.3, -0.25) is 14.5 Å². The molecule has 0 fully saturated rings. The summed E-state index contributed by atoms with van der Waals surface area (Å²) >= 11 is 0. The number of ether oxygens (including phenoxy) is 2. The highest BCUT2D eigenvalue weighted by Crippen LogP contribution is 2.34. The number of amides is 2. The van der Waals surface area contributed by atoms with E-state index in [1.807, 2.05) is 0 Å². The molecule has 3 rings (SSSR count). The van der Waals surface area contributed by atoms with Crippen LogP contribution in [0.15, 0.2) is 59.8 Å². The summed E-state index contributed by atoms with van der Waals surface area (Å²) in [5.74, 6) is -2.55. The first-order chi connectivity index (χ1) is 14.3. The van der Waals surface area contributed by atoms with E-state index in [1.54, 1.807) is 31.2 Å². The Labute approximate surface area is 173 Å². The fourth-order valence-corrected chi connectivity index (χ4v) is 3.41. The molecule has 0 unspecified atom stereocenters. The van der Waals surface area contributed by atoms with Gasteiger partial charge in [0.05, 0.1) is 25.7 Å². The summed E-state index contributed by atoms with van der Waals surface area (Å²) in [4.78, 5) is 39.6. The van der Waals surface area contributed by atoms with Crippen molar-refractivity contribution in [3.8, 4) is 5.75 Å². The monoisotopic (exact) mass is 412 g/mol. The predicted molar refractivity (Wildman–Crippen MR) is 108 cm³/mol. The van der Waals surface area contributed by atoms with Crippen LogP contribution in [0.2, 0.25) is 0 Å². The number of benzene rings is 2. The second-order valence-electron chi connectivity index (χ2n) is 6.67. The van der Waals surface area contributed by atoms with Crippen molar-refractivity contribution in [2.45, 2.75) is 13.3 Å². The number of hydrogen-bond donors (Lipinski definition) is 1. The lowest BCUT2D eigenvalue weighted by Crippen LogP contribution is -2.43. The molecule has 2 amide bonds. The highest BCUT2D eigenvalue weighted by molar-refractivity contribution is 6.10. The third-order valence-corrected chi connectivity index (χ3v) is 4.85. The minimum absolute atomic E-state index is 0.0711. The second kappa shape index (κ2) is 8.77. The van der Waals surface area contributed by atoms with Gasteiger partial charge in [-0.2, -0.15) is 0 Å². The molecule has 0 radical (unpaired) electrons. The standard InChI is InChI=1S/C22H21FN2O5/c1-13-20(22(28)30-3)18(21(27)24-15-5-4-6-17(11-15)29-2)12-19(26)25(13)16-9-7-14(23)8-10-16/h4-11,18H,12H2,1-3H3,(H,24,27)/t18-/m1/s1. The van der Waals surface area contributed by atoms with Crippen LogP contribution in [0, 0.1) is 11.7 Å². The molecule has 1 heterocycles. The minimum atomic E-state index is -1.03. The number of halogens is 1. The summed E-state index contributed by atoms with van der Waals surface area (Å²) in [6.07, 6.45) is -0.241. The van der Waals surface area contributed by atoms with Crippen LogP contribution in [0.3, 0.4) is 0 Å². The number of carbonyl (C=O) groups is 3. The number of carbonyl (C=O) groups excluding carboxylic acids is 3. The molecule has 0 saturated heterocycles. The van der Waals surface area contributed by atoms with E-state index < -0.39 is 29.5 Å². The van der Waals surface area contributed by atoms with Crippen LogP contribution in [-0.4, -0.2) is 32.0 Å². The van der Waals surface area contributed by atoms with Crippen LogP contribution in [0.25, 0.3) is 0 Å². The van der Waals surface area contributed by atoms with Crippen molar-refractivity contribution < 1.29 is 28.2 Å². The molecule has 2 aromatic carbocycles. The lowest BCUT2D eigenvalue weighted by Gasteiger charge is -2.33. The Hall–Kier alpha value is -3.68. The quantitative estimate of drug-likeness (QED) is 0.762. The summed E-state index contributed by atoms with van der Waals surface area (Å²) in [5, 5.41) is 2.72. The average Bonchev–Trinajstić information content (AvgIpc) is 2.74. The summed E-state index contributed by atoms with van der Waals surface area (Å²) in [7, 11) is 2.71. The van der Waals surface area contributed by atoms with Gasteiger partial charge in [-0.25, -0.2) is 9.18 Å². The molecule has 1 N–H and O–H groups in total. The number of methoxy groups -OCH3 is 2.